The van der Waals surface area contributed by atoms with Gasteiger partial charge in [-0.15, -0.1) is 0 Å². The number of hydrogen-bond donors (Lipinski definition) is 1. The van der Waals surface area contributed by atoms with Crippen molar-refractivity contribution in [3.63, 3.8) is 0 Å². The summed E-state index contributed by atoms with van der Waals surface area (Å²) in [5, 5.41) is 7.95. The summed E-state index contributed by atoms with van der Waals surface area (Å²) in [6.45, 7) is 2.79. The molecule has 0 aliphatic carbocycles. The van der Waals surface area contributed by atoms with Crippen LogP contribution >= 0.6 is 0 Å². The highest BCUT2D eigenvalue weighted by Gasteiger charge is 2.08. The lowest BCUT2D eigenvalue weighted by molar-refractivity contribution is 0.428. The Balaban J connectivity index is 1.63. The second-order valence-corrected chi connectivity index (χ2v) is 4.71. The van der Waals surface area contributed by atoms with Crippen LogP contribution in [0, 0.1) is 0 Å². The molecule has 3 aromatic rings. The molecule has 2 aromatic heterocycles. The lowest BCUT2D eigenvalue weighted by atomic mass is 10.2. The van der Waals surface area contributed by atoms with Gasteiger partial charge >= 0.3 is 0 Å². The van der Waals surface area contributed by atoms with Gasteiger partial charge in [-0.05, 0) is 37.3 Å². The minimum atomic E-state index is 0.173. The van der Waals surface area contributed by atoms with E-state index in [0.717, 1.165) is 17.1 Å². The van der Waals surface area contributed by atoms with Crippen molar-refractivity contribution in [1.29, 1.82) is 0 Å². The number of aromatic nitrogens is 2. The number of para-hydroxylation sites is 1. The Labute approximate surface area is 118 Å². The van der Waals surface area contributed by atoms with Gasteiger partial charge < -0.3 is 9.73 Å². The van der Waals surface area contributed by atoms with Crippen LogP contribution < -0.4 is 5.32 Å². The van der Waals surface area contributed by atoms with Crippen LogP contribution in [-0.4, -0.2) is 9.78 Å². The summed E-state index contributed by atoms with van der Waals surface area (Å²) in [4.78, 5) is 0. The first-order valence-corrected chi connectivity index (χ1v) is 6.70. The van der Waals surface area contributed by atoms with Gasteiger partial charge in [0.25, 0.3) is 0 Å². The Morgan fingerprint density at radius 3 is 2.75 bits per heavy atom. The van der Waals surface area contributed by atoms with Crippen molar-refractivity contribution in [2.75, 3.05) is 0 Å². The molecule has 0 fully saturated rings. The number of nitrogens with one attached hydrogen (secondary N) is 1. The average molecular weight is 267 g/mol. The third-order valence-electron chi connectivity index (χ3n) is 3.22. The molecule has 0 bridgehead atoms. The Morgan fingerprint density at radius 2 is 2.00 bits per heavy atom. The van der Waals surface area contributed by atoms with Gasteiger partial charge in [0.1, 0.15) is 5.76 Å². The molecule has 0 saturated carbocycles. The second-order valence-electron chi connectivity index (χ2n) is 4.71. The highest BCUT2D eigenvalue weighted by Crippen LogP contribution is 2.13. The maximum absolute atomic E-state index is 5.37. The number of nitrogens with zero attached hydrogens (tertiary/aromatic N) is 2. The fourth-order valence-corrected chi connectivity index (χ4v) is 2.08. The van der Waals surface area contributed by atoms with Gasteiger partial charge in [-0.1, -0.05) is 18.2 Å². The summed E-state index contributed by atoms with van der Waals surface area (Å²) in [5.41, 5.74) is 2.07. The highest BCUT2D eigenvalue weighted by atomic mass is 16.3. The standard InChI is InChI=1S/C16H17N3O/c1-13(16-8-5-11-20-16)17-12-14-9-10-19(18-14)15-6-3-2-4-7-15/h2-11,13,17H,12H2,1H3/t13-/m1/s1. The smallest absolute Gasteiger partial charge is 0.120 e. The van der Waals surface area contributed by atoms with E-state index in [0.29, 0.717) is 6.54 Å². The molecule has 0 aliphatic rings. The molecular weight excluding hydrogens is 250 g/mol. The van der Waals surface area contributed by atoms with Crippen molar-refractivity contribution in [1.82, 2.24) is 15.1 Å². The predicted molar refractivity (Wildman–Crippen MR) is 77.5 cm³/mol. The fourth-order valence-electron chi connectivity index (χ4n) is 2.08. The van der Waals surface area contributed by atoms with Crippen molar-refractivity contribution in [3.8, 4) is 5.69 Å². The zero-order valence-corrected chi connectivity index (χ0v) is 11.4. The minimum absolute atomic E-state index is 0.173. The highest BCUT2D eigenvalue weighted by molar-refractivity contribution is 5.30. The summed E-state index contributed by atoms with van der Waals surface area (Å²) in [7, 11) is 0. The molecule has 4 nitrogen and oxygen atoms in total. The molecule has 3 rings (SSSR count). The molecule has 0 unspecified atom stereocenters. The van der Waals surface area contributed by atoms with E-state index in [9.17, 15) is 0 Å². The summed E-state index contributed by atoms with van der Waals surface area (Å²) < 4.78 is 7.25. The summed E-state index contributed by atoms with van der Waals surface area (Å²) >= 11 is 0. The average Bonchev–Trinajstić information content (AvgIpc) is 3.17. The Hall–Kier alpha value is -2.33. The molecule has 20 heavy (non-hydrogen) atoms. The van der Waals surface area contributed by atoms with E-state index in [-0.39, 0.29) is 6.04 Å². The lowest BCUT2D eigenvalue weighted by Crippen LogP contribution is -2.18. The van der Waals surface area contributed by atoms with Crippen molar-refractivity contribution >= 4 is 0 Å². The van der Waals surface area contributed by atoms with E-state index >= 15 is 0 Å². The van der Waals surface area contributed by atoms with E-state index in [1.807, 2.05) is 59.4 Å². The topological polar surface area (TPSA) is 43.0 Å². The number of benzene rings is 1. The van der Waals surface area contributed by atoms with Crippen LogP contribution in [0.5, 0.6) is 0 Å². The third-order valence-corrected chi connectivity index (χ3v) is 3.22. The maximum atomic E-state index is 5.37. The minimum Gasteiger partial charge on any atom is -0.468 e. The molecule has 0 amide bonds. The zero-order valence-electron chi connectivity index (χ0n) is 11.4. The summed E-state index contributed by atoms with van der Waals surface area (Å²) in [6, 6.07) is 16.2. The molecule has 4 heteroatoms. The molecule has 1 aromatic carbocycles. The van der Waals surface area contributed by atoms with Crippen LogP contribution in [0.1, 0.15) is 24.4 Å². The van der Waals surface area contributed by atoms with E-state index in [4.69, 9.17) is 4.42 Å². The van der Waals surface area contributed by atoms with Crippen LogP contribution in [-0.2, 0) is 6.54 Å². The van der Waals surface area contributed by atoms with Crippen molar-refractivity contribution in [2.24, 2.45) is 0 Å². The van der Waals surface area contributed by atoms with Gasteiger partial charge in [-0.3, -0.25) is 0 Å². The third kappa shape index (κ3) is 2.81. The molecule has 102 valence electrons. The molecule has 0 radical (unpaired) electrons. The molecule has 2 heterocycles. The molecular formula is C16H17N3O. The zero-order chi connectivity index (χ0) is 13.8. The van der Waals surface area contributed by atoms with E-state index in [2.05, 4.69) is 17.3 Å². The van der Waals surface area contributed by atoms with Crippen molar-refractivity contribution < 1.29 is 4.42 Å². The SMILES string of the molecule is C[C@@H](NCc1ccn(-c2ccccc2)n1)c1ccco1. The Morgan fingerprint density at radius 1 is 1.15 bits per heavy atom. The summed E-state index contributed by atoms with van der Waals surface area (Å²) in [6.07, 6.45) is 3.67. The van der Waals surface area contributed by atoms with Gasteiger partial charge in [0.2, 0.25) is 0 Å². The molecule has 1 N–H and O–H groups in total. The van der Waals surface area contributed by atoms with E-state index < -0.39 is 0 Å². The van der Waals surface area contributed by atoms with E-state index in [1.165, 1.54) is 0 Å². The Kier molecular flexibility index (Phi) is 3.65. The predicted octanol–water partition coefficient (Wildman–Crippen LogP) is 3.32. The molecule has 1 atom stereocenters. The Bertz CT molecular complexity index is 643. The van der Waals surface area contributed by atoms with Crippen LogP contribution in [0.3, 0.4) is 0 Å². The number of rotatable bonds is 5. The number of hydrogen-bond acceptors (Lipinski definition) is 3. The normalized spacial score (nSPS) is 12.4. The molecule has 0 aliphatic heterocycles. The second kappa shape index (κ2) is 5.75. The summed E-state index contributed by atoms with van der Waals surface area (Å²) in [5.74, 6) is 0.937. The maximum Gasteiger partial charge on any atom is 0.120 e. The van der Waals surface area contributed by atoms with Crippen molar-refractivity contribution in [3.05, 3.63) is 72.4 Å². The van der Waals surface area contributed by atoms with Gasteiger partial charge in [-0.2, -0.15) is 5.10 Å². The first-order chi connectivity index (χ1) is 9.83. The van der Waals surface area contributed by atoms with Gasteiger partial charge in [0, 0.05) is 12.7 Å². The fraction of sp³-hybridized carbons (Fsp3) is 0.188. The van der Waals surface area contributed by atoms with Crippen LogP contribution in [0.15, 0.2) is 65.4 Å². The largest absolute Gasteiger partial charge is 0.468 e. The van der Waals surface area contributed by atoms with Crippen molar-refractivity contribution in [2.45, 2.75) is 19.5 Å². The van der Waals surface area contributed by atoms with E-state index in [1.54, 1.807) is 6.26 Å². The lowest BCUT2D eigenvalue weighted by Gasteiger charge is -2.09. The van der Waals surface area contributed by atoms with Gasteiger partial charge in [0.15, 0.2) is 0 Å². The van der Waals surface area contributed by atoms with Crippen LogP contribution in [0.2, 0.25) is 0 Å². The number of furan rings is 1. The van der Waals surface area contributed by atoms with Gasteiger partial charge in [-0.25, -0.2) is 4.68 Å². The van der Waals surface area contributed by atoms with Crippen LogP contribution in [0.25, 0.3) is 5.69 Å². The first-order valence-electron chi connectivity index (χ1n) is 6.70. The monoisotopic (exact) mass is 267 g/mol. The molecule has 0 spiro atoms. The van der Waals surface area contributed by atoms with Crippen LogP contribution in [0.4, 0.5) is 0 Å². The quantitative estimate of drug-likeness (QED) is 0.771. The van der Waals surface area contributed by atoms with Gasteiger partial charge in [0.05, 0.1) is 23.7 Å². The molecule has 0 saturated heterocycles. The first kappa shape index (κ1) is 12.7.